The van der Waals surface area contributed by atoms with E-state index in [0.29, 0.717) is 12.3 Å². The van der Waals surface area contributed by atoms with Gasteiger partial charge in [0.2, 0.25) is 0 Å². The first-order chi connectivity index (χ1) is 14.6. The number of hydrogen-bond acceptors (Lipinski definition) is 5. The van der Waals surface area contributed by atoms with Crippen molar-refractivity contribution in [2.75, 3.05) is 13.7 Å². The number of hydrogen-bond donors (Lipinski definition) is 1. The lowest BCUT2D eigenvalue weighted by Crippen LogP contribution is -2.89. The molecule has 3 aromatic rings. The van der Waals surface area contributed by atoms with Crippen LogP contribution in [0, 0.1) is 11.8 Å². The molecule has 6 heteroatoms. The highest BCUT2D eigenvalue weighted by atomic mass is 32.1. The first kappa shape index (κ1) is 20.7. The van der Waals surface area contributed by atoms with Gasteiger partial charge in [0.1, 0.15) is 11.4 Å². The van der Waals surface area contributed by atoms with Gasteiger partial charge in [0, 0.05) is 5.92 Å². The SMILES string of the molecule is COC(=O)C1CCC(C[NH2+]C(=O)Cc2nc3ccc(-c4ccccc4)cc3s2)CC1. The molecule has 0 aliphatic heterocycles. The van der Waals surface area contributed by atoms with E-state index in [1.807, 2.05) is 29.6 Å². The lowest BCUT2D eigenvalue weighted by Gasteiger charge is -2.25. The highest BCUT2D eigenvalue weighted by Crippen LogP contribution is 2.29. The van der Waals surface area contributed by atoms with Crippen LogP contribution in [-0.2, 0) is 20.7 Å². The number of primary amides is 1. The van der Waals surface area contributed by atoms with Crippen LogP contribution in [0.15, 0.2) is 48.5 Å². The number of nitrogens with zero attached hydrogens (tertiary/aromatic N) is 1. The van der Waals surface area contributed by atoms with Gasteiger partial charge in [-0.05, 0) is 48.9 Å². The van der Waals surface area contributed by atoms with Crippen LogP contribution in [0.2, 0.25) is 0 Å². The lowest BCUT2D eigenvalue weighted by molar-refractivity contribution is -0.575. The van der Waals surface area contributed by atoms with Crippen molar-refractivity contribution < 1.29 is 19.6 Å². The van der Waals surface area contributed by atoms with E-state index in [-0.39, 0.29) is 17.8 Å². The van der Waals surface area contributed by atoms with Gasteiger partial charge in [0.05, 0.1) is 29.8 Å². The maximum atomic E-state index is 12.5. The van der Waals surface area contributed by atoms with E-state index in [9.17, 15) is 9.59 Å². The maximum absolute atomic E-state index is 12.5. The number of thiazole rings is 1. The number of benzene rings is 2. The van der Waals surface area contributed by atoms with Crippen molar-refractivity contribution in [2.24, 2.45) is 11.8 Å². The van der Waals surface area contributed by atoms with E-state index in [2.05, 4.69) is 29.2 Å². The number of carbonyl (C=O) groups excluding carboxylic acids is 2. The highest BCUT2D eigenvalue weighted by Gasteiger charge is 2.28. The third kappa shape index (κ3) is 4.94. The van der Waals surface area contributed by atoms with Gasteiger partial charge in [-0.1, -0.05) is 36.4 Å². The summed E-state index contributed by atoms with van der Waals surface area (Å²) in [6.45, 7) is 0.787. The summed E-state index contributed by atoms with van der Waals surface area (Å²) < 4.78 is 5.95. The van der Waals surface area contributed by atoms with Crippen molar-refractivity contribution in [1.29, 1.82) is 0 Å². The molecule has 30 heavy (non-hydrogen) atoms. The molecule has 0 saturated heterocycles. The van der Waals surface area contributed by atoms with E-state index < -0.39 is 0 Å². The Bertz CT molecular complexity index is 1020. The zero-order valence-corrected chi connectivity index (χ0v) is 18.0. The average Bonchev–Trinajstić information content (AvgIpc) is 3.19. The molecule has 2 N–H and O–H groups in total. The summed E-state index contributed by atoms with van der Waals surface area (Å²) in [4.78, 5) is 28.8. The molecule has 1 heterocycles. The minimum absolute atomic E-state index is 0.0328. The summed E-state index contributed by atoms with van der Waals surface area (Å²) in [6, 6.07) is 16.5. The van der Waals surface area contributed by atoms with Crippen molar-refractivity contribution in [3.8, 4) is 11.1 Å². The van der Waals surface area contributed by atoms with Crippen molar-refractivity contribution in [3.05, 3.63) is 53.5 Å². The van der Waals surface area contributed by atoms with Crippen LogP contribution in [0.5, 0.6) is 0 Å². The highest BCUT2D eigenvalue weighted by molar-refractivity contribution is 7.18. The monoisotopic (exact) mass is 423 g/mol. The predicted molar refractivity (Wildman–Crippen MR) is 118 cm³/mol. The Morgan fingerprint density at radius 2 is 1.83 bits per heavy atom. The zero-order valence-electron chi connectivity index (χ0n) is 17.2. The lowest BCUT2D eigenvalue weighted by atomic mass is 9.82. The summed E-state index contributed by atoms with van der Waals surface area (Å²) in [5.41, 5.74) is 3.29. The van der Waals surface area contributed by atoms with Crippen LogP contribution in [-0.4, -0.2) is 30.5 Å². The summed E-state index contributed by atoms with van der Waals surface area (Å²) in [5, 5.41) is 2.69. The molecule has 1 amide bonds. The number of quaternary nitrogens is 1. The molecule has 0 atom stereocenters. The fraction of sp³-hybridized carbons (Fsp3) is 0.375. The van der Waals surface area contributed by atoms with Gasteiger partial charge in [-0.3, -0.25) is 10.1 Å². The van der Waals surface area contributed by atoms with E-state index in [4.69, 9.17) is 4.74 Å². The summed E-state index contributed by atoms with van der Waals surface area (Å²) in [7, 11) is 1.45. The molecule has 1 aliphatic rings. The number of amides is 1. The summed E-state index contributed by atoms with van der Waals surface area (Å²) in [6.07, 6.45) is 4.04. The summed E-state index contributed by atoms with van der Waals surface area (Å²) >= 11 is 1.60. The van der Waals surface area contributed by atoms with Crippen molar-refractivity contribution >= 4 is 33.4 Å². The van der Waals surface area contributed by atoms with Gasteiger partial charge in [-0.15, -0.1) is 11.3 Å². The van der Waals surface area contributed by atoms with Crippen LogP contribution in [0.4, 0.5) is 0 Å². The van der Waals surface area contributed by atoms with Gasteiger partial charge in [0.15, 0.2) is 0 Å². The number of carbonyl (C=O) groups is 2. The van der Waals surface area contributed by atoms with Crippen molar-refractivity contribution in [3.63, 3.8) is 0 Å². The van der Waals surface area contributed by atoms with E-state index in [1.165, 1.54) is 18.2 Å². The van der Waals surface area contributed by atoms with Crippen molar-refractivity contribution in [2.45, 2.75) is 32.1 Å². The second kappa shape index (κ2) is 9.49. The topological polar surface area (TPSA) is 72.9 Å². The van der Waals surface area contributed by atoms with Gasteiger partial charge < -0.3 is 4.74 Å². The average molecular weight is 424 g/mol. The molecule has 1 fully saturated rings. The van der Waals surface area contributed by atoms with Gasteiger partial charge in [-0.2, -0.15) is 0 Å². The predicted octanol–water partition coefficient (Wildman–Crippen LogP) is 3.58. The molecule has 0 radical (unpaired) electrons. The second-order valence-electron chi connectivity index (χ2n) is 7.98. The molecule has 1 saturated carbocycles. The minimum atomic E-state index is -0.0974. The number of rotatable bonds is 6. The fourth-order valence-corrected chi connectivity index (χ4v) is 5.19. The number of methoxy groups -OCH3 is 1. The smallest absolute Gasteiger partial charge is 0.317 e. The molecule has 2 aromatic carbocycles. The van der Waals surface area contributed by atoms with Gasteiger partial charge >= 0.3 is 11.9 Å². The number of fused-ring (bicyclic) bond motifs is 1. The Morgan fingerprint density at radius 1 is 1.07 bits per heavy atom. The number of nitrogens with two attached hydrogens (primary N) is 1. The van der Waals surface area contributed by atoms with Crippen LogP contribution in [0.25, 0.3) is 21.3 Å². The largest absolute Gasteiger partial charge is 0.469 e. The van der Waals surface area contributed by atoms with Crippen LogP contribution >= 0.6 is 11.3 Å². The molecule has 4 rings (SSSR count). The second-order valence-corrected chi connectivity index (χ2v) is 9.10. The molecule has 156 valence electrons. The Kier molecular flexibility index (Phi) is 6.55. The minimum Gasteiger partial charge on any atom is -0.469 e. The Labute approximate surface area is 180 Å². The standard InChI is InChI=1S/C24H26N2O3S/c1-29-24(28)18-9-7-16(8-10-18)15-25-22(27)14-23-26-20-12-11-19(13-21(20)30-23)17-5-3-2-4-6-17/h2-6,11-13,16,18H,7-10,14-15H2,1H3,(H,25,27)/p+1. The molecular weight excluding hydrogens is 396 g/mol. The fourth-order valence-electron chi connectivity index (χ4n) is 4.18. The first-order valence-corrected chi connectivity index (χ1v) is 11.3. The number of ether oxygens (including phenoxy) is 1. The van der Waals surface area contributed by atoms with Crippen LogP contribution in [0.1, 0.15) is 30.7 Å². The molecule has 1 aliphatic carbocycles. The van der Waals surface area contributed by atoms with Crippen molar-refractivity contribution in [1.82, 2.24) is 4.98 Å². The van der Waals surface area contributed by atoms with Gasteiger partial charge in [-0.25, -0.2) is 9.78 Å². The Hall–Kier alpha value is -2.57. The summed E-state index contributed by atoms with van der Waals surface area (Å²) in [5.74, 6) is 0.552. The first-order valence-electron chi connectivity index (χ1n) is 10.5. The van der Waals surface area contributed by atoms with E-state index >= 15 is 0 Å². The number of aromatic nitrogens is 1. The molecule has 0 bridgehead atoms. The quantitative estimate of drug-likeness (QED) is 0.615. The van der Waals surface area contributed by atoms with E-state index in [1.54, 1.807) is 11.3 Å². The molecule has 1 aromatic heterocycles. The molecule has 0 spiro atoms. The van der Waals surface area contributed by atoms with Crippen LogP contribution in [0.3, 0.4) is 0 Å². The Morgan fingerprint density at radius 3 is 2.57 bits per heavy atom. The zero-order chi connectivity index (χ0) is 20.9. The van der Waals surface area contributed by atoms with Crippen LogP contribution < -0.4 is 5.32 Å². The molecule has 5 nitrogen and oxygen atoms in total. The third-order valence-electron chi connectivity index (χ3n) is 5.93. The number of esters is 1. The van der Waals surface area contributed by atoms with E-state index in [0.717, 1.165) is 47.5 Å². The molecule has 0 unspecified atom stereocenters. The maximum Gasteiger partial charge on any atom is 0.317 e. The third-order valence-corrected chi connectivity index (χ3v) is 6.94. The van der Waals surface area contributed by atoms with Gasteiger partial charge in [0.25, 0.3) is 0 Å². The Balaban J connectivity index is 1.31. The normalized spacial score (nSPS) is 19.0. The molecular formula is C24H27N2O3S+.